The summed E-state index contributed by atoms with van der Waals surface area (Å²) in [6, 6.07) is 0. The summed E-state index contributed by atoms with van der Waals surface area (Å²) in [6.45, 7) is 0.654. The Morgan fingerprint density at radius 3 is 2.30 bits per heavy atom. The third kappa shape index (κ3) is 11.5. The highest BCUT2D eigenvalue weighted by atomic mass is 79.9. The molecule has 4 N–H and O–H groups in total. The molecule has 0 unspecified atom stereocenters. The number of nitrogens with two attached hydrogens (primary N) is 2. The first-order valence-corrected chi connectivity index (χ1v) is 3.35. The van der Waals surface area contributed by atoms with Crippen LogP contribution in [0.25, 0.3) is 0 Å². The van der Waals surface area contributed by atoms with Crippen molar-refractivity contribution in [1.29, 1.82) is 0 Å². The molecule has 0 aliphatic rings. The number of hydrogen-bond acceptors (Lipinski definition) is 3. The molecule has 64 valence electrons. The number of nitrogens with zero attached hydrogens (tertiary/aromatic N) is 1. The van der Waals surface area contributed by atoms with Crippen molar-refractivity contribution >= 4 is 50.9 Å². The van der Waals surface area contributed by atoms with Gasteiger partial charge in [-0.25, -0.2) is 0 Å². The normalized spacial score (nSPS) is 9.60. The maximum Gasteiger partial charge on any atom is 0.153 e. The Labute approximate surface area is 86.6 Å². The second kappa shape index (κ2) is 12.4. The summed E-state index contributed by atoms with van der Waals surface area (Å²) < 4.78 is 0. The molecule has 0 rings (SSSR count). The summed E-state index contributed by atoms with van der Waals surface area (Å²) in [4.78, 5) is 3.73. The second-order valence-corrected chi connectivity index (χ2v) is 2.31. The SMILES string of the molecule is Br.Br.CN=C(N)SCCN. The molecule has 10 heavy (non-hydrogen) atoms. The van der Waals surface area contributed by atoms with Crippen LogP contribution in [0.1, 0.15) is 0 Å². The van der Waals surface area contributed by atoms with E-state index in [0.29, 0.717) is 11.7 Å². The molecule has 0 saturated heterocycles. The van der Waals surface area contributed by atoms with Crippen molar-refractivity contribution in [2.45, 2.75) is 0 Å². The van der Waals surface area contributed by atoms with Gasteiger partial charge in [0.2, 0.25) is 0 Å². The van der Waals surface area contributed by atoms with Crippen LogP contribution in [0.3, 0.4) is 0 Å². The van der Waals surface area contributed by atoms with Crippen molar-refractivity contribution in [2.75, 3.05) is 19.3 Å². The lowest BCUT2D eigenvalue weighted by Gasteiger charge is -1.93. The lowest BCUT2D eigenvalue weighted by atomic mass is 10.8. The van der Waals surface area contributed by atoms with E-state index in [1.54, 1.807) is 7.05 Å². The van der Waals surface area contributed by atoms with Crippen LogP contribution in [0.5, 0.6) is 0 Å². The predicted molar refractivity (Wildman–Crippen MR) is 59.7 cm³/mol. The van der Waals surface area contributed by atoms with Gasteiger partial charge in [-0.1, -0.05) is 11.8 Å². The van der Waals surface area contributed by atoms with E-state index < -0.39 is 0 Å². The fraction of sp³-hybridized carbons (Fsp3) is 0.750. The van der Waals surface area contributed by atoms with E-state index in [9.17, 15) is 0 Å². The zero-order valence-electron chi connectivity index (χ0n) is 5.74. The van der Waals surface area contributed by atoms with Gasteiger partial charge in [0.15, 0.2) is 5.17 Å². The molecular formula is C4H13Br2N3S. The summed E-state index contributed by atoms with van der Waals surface area (Å²) >= 11 is 1.48. The molecule has 6 heteroatoms. The van der Waals surface area contributed by atoms with Crippen LogP contribution in [-0.4, -0.2) is 24.5 Å². The van der Waals surface area contributed by atoms with Crippen molar-refractivity contribution in [1.82, 2.24) is 0 Å². The largest absolute Gasteiger partial charge is 0.379 e. The highest BCUT2D eigenvalue weighted by molar-refractivity contribution is 8.93. The lowest BCUT2D eigenvalue weighted by molar-refractivity contribution is 1.15. The number of amidine groups is 1. The summed E-state index contributed by atoms with van der Waals surface area (Å²) in [5.41, 5.74) is 10.5. The molecule has 3 nitrogen and oxygen atoms in total. The van der Waals surface area contributed by atoms with E-state index in [1.165, 1.54) is 11.8 Å². The Morgan fingerprint density at radius 1 is 1.50 bits per heavy atom. The Hall–Kier alpha value is 0.740. The molecule has 0 spiro atoms. The Kier molecular flexibility index (Phi) is 21.1. The van der Waals surface area contributed by atoms with Crippen LogP contribution < -0.4 is 11.5 Å². The molecular weight excluding hydrogens is 282 g/mol. The van der Waals surface area contributed by atoms with E-state index in [2.05, 4.69) is 4.99 Å². The van der Waals surface area contributed by atoms with Crippen molar-refractivity contribution < 1.29 is 0 Å². The summed E-state index contributed by atoms with van der Waals surface area (Å²) in [5, 5.41) is 0.607. The molecule has 0 aromatic carbocycles. The van der Waals surface area contributed by atoms with Crippen LogP contribution in [0.15, 0.2) is 4.99 Å². The number of aliphatic imine (C=N–C) groups is 1. The average molecular weight is 295 g/mol. The number of halogens is 2. The highest BCUT2D eigenvalue weighted by Crippen LogP contribution is 1.95. The van der Waals surface area contributed by atoms with Crippen molar-refractivity contribution in [3.63, 3.8) is 0 Å². The molecule has 0 fully saturated rings. The van der Waals surface area contributed by atoms with E-state index in [-0.39, 0.29) is 34.0 Å². The quantitative estimate of drug-likeness (QED) is 0.584. The van der Waals surface area contributed by atoms with Crippen LogP contribution in [0.4, 0.5) is 0 Å². The van der Waals surface area contributed by atoms with Crippen molar-refractivity contribution in [3.8, 4) is 0 Å². The number of rotatable bonds is 2. The average Bonchev–Trinajstić information content (AvgIpc) is 1.83. The van der Waals surface area contributed by atoms with Crippen LogP contribution in [0, 0.1) is 0 Å². The smallest absolute Gasteiger partial charge is 0.153 e. The van der Waals surface area contributed by atoms with Crippen LogP contribution in [-0.2, 0) is 0 Å². The van der Waals surface area contributed by atoms with Gasteiger partial charge >= 0.3 is 0 Å². The minimum absolute atomic E-state index is 0. The van der Waals surface area contributed by atoms with Crippen LogP contribution in [0.2, 0.25) is 0 Å². The van der Waals surface area contributed by atoms with Gasteiger partial charge in [-0.2, -0.15) is 0 Å². The van der Waals surface area contributed by atoms with Gasteiger partial charge in [-0.3, -0.25) is 4.99 Å². The van der Waals surface area contributed by atoms with Gasteiger partial charge < -0.3 is 11.5 Å². The Balaban J connectivity index is -0.000000245. The molecule has 0 atom stereocenters. The fourth-order valence-electron chi connectivity index (χ4n) is 0.228. The summed E-state index contributed by atoms with van der Waals surface area (Å²) in [5.74, 6) is 0.850. The van der Waals surface area contributed by atoms with Crippen molar-refractivity contribution in [3.05, 3.63) is 0 Å². The molecule has 0 aromatic rings. The first-order chi connectivity index (χ1) is 3.81. The molecule has 0 heterocycles. The van der Waals surface area contributed by atoms with Gasteiger partial charge in [0.1, 0.15) is 0 Å². The van der Waals surface area contributed by atoms with Gasteiger partial charge in [0.05, 0.1) is 0 Å². The molecule has 0 aliphatic carbocycles. The molecule has 0 bridgehead atoms. The Bertz CT molecular complexity index is 88.6. The summed E-state index contributed by atoms with van der Waals surface area (Å²) in [7, 11) is 1.67. The van der Waals surface area contributed by atoms with Crippen LogP contribution >= 0.6 is 45.7 Å². The zero-order valence-corrected chi connectivity index (χ0v) is 9.98. The predicted octanol–water partition coefficient (Wildman–Crippen LogP) is 0.779. The zero-order chi connectivity index (χ0) is 6.41. The maximum absolute atomic E-state index is 5.32. The molecule has 0 saturated carbocycles. The maximum atomic E-state index is 5.32. The molecule has 0 radical (unpaired) electrons. The third-order valence-electron chi connectivity index (χ3n) is 0.588. The first-order valence-electron chi connectivity index (χ1n) is 2.36. The monoisotopic (exact) mass is 293 g/mol. The second-order valence-electron chi connectivity index (χ2n) is 1.20. The topological polar surface area (TPSA) is 64.4 Å². The van der Waals surface area contributed by atoms with Crippen molar-refractivity contribution in [2.24, 2.45) is 16.5 Å². The van der Waals surface area contributed by atoms with E-state index in [0.717, 1.165) is 5.75 Å². The standard InChI is InChI=1S/C4H11N3S.2BrH/c1-7-4(6)8-3-2-5;;/h2-3,5H2,1H3,(H2,6,7);2*1H. The fourth-order valence-corrected chi connectivity index (χ4v) is 0.684. The highest BCUT2D eigenvalue weighted by Gasteiger charge is 1.86. The van der Waals surface area contributed by atoms with Gasteiger partial charge in [-0.15, -0.1) is 34.0 Å². The van der Waals surface area contributed by atoms with Gasteiger partial charge in [-0.05, 0) is 0 Å². The number of thioether (sulfide) groups is 1. The Morgan fingerprint density at radius 2 is 2.00 bits per heavy atom. The number of hydrogen-bond donors (Lipinski definition) is 2. The molecule has 0 amide bonds. The van der Waals surface area contributed by atoms with E-state index >= 15 is 0 Å². The summed E-state index contributed by atoms with van der Waals surface area (Å²) in [6.07, 6.45) is 0. The van der Waals surface area contributed by atoms with Gasteiger partial charge in [0.25, 0.3) is 0 Å². The van der Waals surface area contributed by atoms with Gasteiger partial charge in [0, 0.05) is 19.3 Å². The minimum atomic E-state index is 0. The van der Waals surface area contributed by atoms with E-state index in [1.807, 2.05) is 0 Å². The first kappa shape index (κ1) is 17.0. The molecule has 0 aromatic heterocycles. The molecule has 0 aliphatic heterocycles. The minimum Gasteiger partial charge on any atom is -0.379 e. The lowest BCUT2D eigenvalue weighted by Crippen LogP contribution is -2.10. The van der Waals surface area contributed by atoms with E-state index in [4.69, 9.17) is 11.5 Å². The third-order valence-corrected chi connectivity index (χ3v) is 1.51.